The second-order valence-corrected chi connectivity index (χ2v) is 9.23. The maximum absolute atomic E-state index is 12.7. The quantitative estimate of drug-likeness (QED) is 0.193. The summed E-state index contributed by atoms with van der Waals surface area (Å²) < 4.78 is 7.55. The highest BCUT2D eigenvalue weighted by atomic mass is 32.2. The molecule has 0 radical (unpaired) electrons. The number of carbonyl (C=O) groups excluding carboxylic acids is 2. The van der Waals surface area contributed by atoms with Crippen molar-refractivity contribution in [2.24, 2.45) is 0 Å². The Morgan fingerprint density at radius 3 is 2.49 bits per heavy atom. The Labute approximate surface area is 218 Å². The molecule has 5 rings (SSSR count). The van der Waals surface area contributed by atoms with E-state index in [1.807, 2.05) is 66.2 Å². The van der Waals surface area contributed by atoms with Gasteiger partial charge < -0.3 is 15.0 Å². The number of hydrogen-bond donors (Lipinski definition) is 2. The fraction of sp³-hybridized carbons (Fsp3) is 0.143. The van der Waals surface area contributed by atoms with Gasteiger partial charge in [-0.1, -0.05) is 30.0 Å². The predicted octanol–water partition coefficient (Wildman–Crippen LogP) is 5.75. The van der Waals surface area contributed by atoms with Crippen molar-refractivity contribution < 1.29 is 14.3 Å². The molecule has 0 atom stereocenters. The Bertz CT molecular complexity index is 1560. The summed E-state index contributed by atoms with van der Waals surface area (Å²) in [6, 6.07) is 22.6. The number of fused-ring (bicyclic) bond motifs is 1. The number of carbonyl (C=O) groups is 2. The van der Waals surface area contributed by atoms with Gasteiger partial charge in [-0.25, -0.2) is 0 Å². The first-order valence-corrected chi connectivity index (χ1v) is 12.8. The number of nitrogens with zero attached hydrogens (tertiary/aromatic N) is 3. The van der Waals surface area contributed by atoms with Crippen molar-refractivity contribution >= 4 is 40.0 Å². The van der Waals surface area contributed by atoms with E-state index in [1.165, 1.54) is 18.7 Å². The highest BCUT2D eigenvalue weighted by Gasteiger charge is 2.20. The number of ketones is 1. The van der Waals surface area contributed by atoms with E-state index in [4.69, 9.17) is 4.74 Å². The summed E-state index contributed by atoms with van der Waals surface area (Å²) in [5.74, 6) is 1.38. The summed E-state index contributed by atoms with van der Waals surface area (Å²) in [6.07, 6.45) is 1.92. The van der Waals surface area contributed by atoms with Crippen LogP contribution in [-0.4, -0.2) is 43.8 Å². The topological polar surface area (TPSA) is 102 Å². The average molecular weight is 512 g/mol. The van der Waals surface area contributed by atoms with Crippen LogP contribution >= 0.6 is 11.8 Å². The van der Waals surface area contributed by atoms with Gasteiger partial charge in [0.2, 0.25) is 5.91 Å². The van der Waals surface area contributed by atoms with Gasteiger partial charge in [0.1, 0.15) is 5.75 Å². The molecule has 0 unspecified atom stereocenters. The van der Waals surface area contributed by atoms with Crippen molar-refractivity contribution in [1.29, 1.82) is 0 Å². The van der Waals surface area contributed by atoms with Gasteiger partial charge in [0.15, 0.2) is 16.8 Å². The van der Waals surface area contributed by atoms with E-state index in [1.54, 1.807) is 24.3 Å². The summed E-state index contributed by atoms with van der Waals surface area (Å²) in [5, 5.41) is 13.4. The Balaban J connectivity index is 1.42. The smallest absolute Gasteiger partial charge is 0.234 e. The predicted molar refractivity (Wildman–Crippen MR) is 146 cm³/mol. The van der Waals surface area contributed by atoms with Crippen LogP contribution in [0.25, 0.3) is 28.0 Å². The third-order valence-electron chi connectivity index (χ3n) is 5.78. The molecule has 0 aliphatic carbocycles. The minimum atomic E-state index is -0.185. The lowest BCUT2D eigenvalue weighted by Crippen LogP contribution is -2.14. The molecule has 0 aliphatic rings. The van der Waals surface area contributed by atoms with Crippen LogP contribution in [0.4, 0.5) is 5.69 Å². The van der Waals surface area contributed by atoms with Crippen LogP contribution in [0.15, 0.2) is 84.1 Å². The van der Waals surface area contributed by atoms with Crippen LogP contribution in [0.1, 0.15) is 24.2 Å². The minimum absolute atomic E-state index is 0.0203. The number of amides is 1. The van der Waals surface area contributed by atoms with Crippen LogP contribution in [0.5, 0.6) is 5.75 Å². The number of aromatic nitrogens is 4. The van der Waals surface area contributed by atoms with E-state index >= 15 is 0 Å². The van der Waals surface area contributed by atoms with Crippen LogP contribution in [0, 0.1) is 0 Å². The highest BCUT2D eigenvalue weighted by Crippen LogP contribution is 2.33. The molecule has 5 aromatic rings. The third kappa shape index (κ3) is 5.26. The van der Waals surface area contributed by atoms with Crippen molar-refractivity contribution in [2.45, 2.75) is 19.0 Å². The normalized spacial score (nSPS) is 11.0. The zero-order valence-electron chi connectivity index (χ0n) is 20.4. The number of hydrogen-bond acceptors (Lipinski definition) is 6. The fourth-order valence-corrected chi connectivity index (χ4v) is 4.75. The molecule has 2 N–H and O–H groups in total. The lowest BCUT2D eigenvalue weighted by molar-refractivity contribution is -0.113. The van der Waals surface area contributed by atoms with Crippen LogP contribution < -0.4 is 10.1 Å². The van der Waals surface area contributed by atoms with Gasteiger partial charge in [-0.05, 0) is 68.4 Å². The molecular formula is C28H25N5O3S. The molecule has 37 heavy (non-hydrogen) atoms. The Kier molecular flexibility index (Phi) is 7.04. The molecule has 186 valence electrons. The second kappa shape index (κ2) is 10.7. The number of Topliss-reactive ketones (excluding diaryl/α,β-unsaturated/α-hetero) is 1. The molecule has 2 aromatic heterocycles. The lowest BCUT2D eigenvalue weighted by atomic mass is 10.1. The number of H-pyrrole nitrogens is 1. The number of thioether (sulfide) groups is 1. The fourth-order valence-electron chi connectivity index (χ4n) is 4.00. The molecule has 3 aromatic carbocycles. The number of benzene rings is 3. The molecule has 0 saturated carbocycles. The van der Waals surface area contributed by atoms with Crippen molar-refractivity contribution in [2.75, 3.05) is 17.7 Å². The lowest BCUT2D eigenvalue weighted by Gasteiger charge is -2.11. The number of ether oxygens (including phenoxy) is 1. The summed E-state index contributed by atoms with van der Waals surface area (Å²) in [5.41, 5.74) is 4.00. The van der Waals surface area contributed by atoms with Gasteiger partial charge in [0.25, 0.3) is 0 Å². The monoisotopic (exact) mass is 511 g/mol. The summed E-state index contributed by atoms with van der Waals surface area (Å²) in [4.78, 5) is 27.5. The van der Waals surface area contributed by atoms with Crippen LogP contribution in [0.3, 0.4) is 0 Å². The number of para-hydroxylation sites is 1. The number of anilines is 1. The molecule has 0 bridgehead atoms. The van der Waals surface area contributed by atoms with Crippen molar-refractivity contribution in [3.63, 3.8) is 0 Å². The highest BCUT2D eigenvalue weighted by molar-refractivity contribution is 7.99. The third-order valence-corrected chi connectivity index (χ3v) is 6.71. The molecule has 2 heterocycles. The first kappa shape index (κ1) is 24.3. The molecule has 1 amide bonds. The molecule has 0 aliphatic heterocycles. The molecule has 0 fully saturated rings. The summed E-state index contributed by atoms with van der Waals surface area (Å²) in [7, 11) is 0. The first-order chi connectivity index (χ1) is 18.0. The Morgan fingerprint density at radius 1 is 1.00 bits per heavy atom. The zero-order chi connectivity index (χ0) is 25.8. The molecule has 0 saturated heterocycles. The number of nitrogens with one attached hydrogen (secondary N) is 2. The average Bonchev–Trinajstić information content (AvgIpc) is 3.52. The van der Waals surface area contributed by atoms with Gasteiger partial charge >= 0.3 is 0 Å². The number of aromatic amines is 1. The summed E-state index contributed by atoms with van der Waals surface area (Å²) >= 11 is 1.30. The van der Waals surface area contributed by atoms with Gasteiger partial charge in [0.05, 0.1) is 12.4 Å². The zero-order valence-corrected chi connectivity index (χ0v) is 21.2. The maximum atomic E-state index is 12.7. The molecule has 0 spiro atoms. The van der Waals surface area contributed by atoms with Gasteiger partial charge in [-0.2, -0.15) is 0 Å². The van der Waals surface area contributed by atoms with Crippen molar-refractivity contribution in [1.82, 2.24) is 19.7 Å². The van der Waals surface area contributed by atoms with Gasteiger partial charge in [-0.3, -0.25) is 14.2 Å². The molecule has 9 heteroatoms. The summed E-state index contributed by atoms with van der Waals surface area (Å²) in [6.45, 7) is 4.04. The standard InChI is InChI=1S/C28H25N5O3S/c1-3-36-22-14-12-21(13-15-22)33-27(24-16-29-25-7-5-4-6-23(24)25)31-32-28(33)37-17-26(35)30-20-10-8-19(9-11-20)18(2)34/h4-16,29H,3,17H2,1-2H3,(H,30,35). The van der Waals surface area contributed by atoms with Crippen molar-refractivity contribution in [3.8, 4) is 22.8 Å². The first-order valence-electron chi connectivity index (χ1n) is 11.8. The Morgan fingerprint density at radius 2 is 1.76 bits per heavy atom. The number of rotatable bonds is 9. The van der Waals surface area contributed by atoms with E-state index in [0.29, 0.717) is 28.8 Å². The van der Waals surface area contributed by atoms with E-state index in [0.717, 1.165) is 27.9 Å². The maximum Gasteiger partial charge on any atom is 0.234 e. The van der Waals surface area contributed by atoms with Crippen LogP contribution in [-0.2, 0) is 4.79 Å². The van der Waals surface area contributed by atoms with Crippen LogP contribution in [0.2, 0.25) is 0 Å². The van der Waals surface area contributed by atoms with Crippen molar-refractivity contribution in [3.05, 3.63) is 84.6 Å². The van der Waals surface area contributed by atoms with E-state index in [9.17, 15) is 9.59 Å². The van der Waals surface area contributed by atoms with E-state index < -0.39 is 0 Å². The van der Waals surface area contributed by atoms with Gasteiger partial charge in [0, 0.05) is 39.6 Å². The van der Waals surface area contributed by atoms with Gasteiger partial charge in [-0.15, -0.1) is 10.2 Å². The van der Waals surface area contributed by atoms with E-state index in [-0.39, 0.29) is 17.4 Å². The molecular weight excluding hydrogens is 486 g/mol. The second-order valence-electron chi connectivity index (χ2n) is 8.29. The SMILES string of the molecule is CCOc1ccc(-n2c(SCC(=O)Nc3ccc(C(C)=O)cc3)nnc2-c2c[nH]c3ccccc23)cc1. The van der Waals surface area contributed by atoms with E-state index in [2.05, 4.69) is 20.5 Å². The Hall–Kier alpha value is -4.37. The molecule has 8 nitrogen and oxygen atoms in total. The minimum Gasteiger partial charge on any atom is -0.494 e. The largest absolute Gasteiger partial charge is 0.494 e.